The smallest absolute Gasteiger partial charge is 0.242 e. The Balaban J connectivity index is 4.18. The lowest BCUT2D eigenvalue weighted by Gasteiger charge is -2.18. The third-order valence-corrected chi connectivity index (χ3v) is 4.99. The van der Waals surface area contributed by atoms with Crippen molar-refractivity contribution in [1.82, 2.24) is 10.6 Å². The van der Waals surface area contributed by atoms with E-state index < -0.39 is 6.04 Å². The van der Waals surface area contributed by atoms with Crippen molar-refractivity contribution >= 4 is 17.6 Å². The zero-order chi connectivity index (χ0) is 20.5. The molecule has 0 heterocycles. The first kappa shape index (κ1) is 25.6. The van der Waals surface area contributed by atoms with Gasteiger partial charge in [0.15, 0.2) is 0 Å². The average Bonchev–Trinajstić information content (AvgIpc) is 2.68. The number of aliphatic hydroxyl groups is 1. The molecule has 27 heavy (non-hydrogen) atoms. The summed E-state index contributed by atoms with van der Waals surface area (Å²) in [6.45, 7) is 6.52. The van der Waals surface area contributed by atoms with Crippen LogP contribution in [0.2, 0.25) is 0 Å². The first-order chi connectivity index (χ1) is 13.0. The molecule has 158 valence electrons. The molecular weight excluding hydrogens is 344 g/mol. The Morgan fingerprint density at radius 3 is 2.19 bits per heavy atom. The predicted molar refractivity (Wildman–Crippen MR) is 108 cm³/mol. The third kappa shape index (κ3) is 13.4. The fourth-order valence-corrected chi connectivity index (χ4v) is 2.91. The van der Waals surface area contributed by atoms with Gasteiger partial charge in [-0.3, -0.25) is 14.4 Å². The minimum atomic E-state index is -0.500. The second-order valence-electron chi connectivity index (χ2n) is 7.21. The van der Waals surface area contributed by atoms with E-state index in [-0.39, 0.29) is 24.2 Å². The van der Waals surface area contributed by atoms with E-state index >= 15 is 0 Å². The second kappa shape index (κ2) is 16.7. The zero-order valence-corrected chi connectivity index (χ0v) is 17.5. The van der Waals surface area contributed by atoms with Gasteiger partial charge >= 0.3 is 0 Å². The largest absolute Gasteiger partial charge is 0.396 e. The fourth-order valence-electron chi connectivity index (χ4n) is 2.91. The number of ketones is 1. The Morgan fingerprint density at radius 1 is 0.889 bits per heavy atom. The number of carbonyl (C=O) groups excluding carboxylic acids is 3. The van der Waals surface area contributed by atoms with E-state index in [0.29, 0.717) is 38.1 Å². The number of unbranched alkanes of at least 4 members (excludes halogenated alkanes) is 3. The standard InChI is InChI=1S/C21H40N2O4/c1-4-17(16-24)12-10-11-15-22-21(27)19(23-20(26)6-3)14-9-7-8-13-18(25)5-2/h17,19,24H,4-16H2,1-3H3,(H,22,27)(H,23,26)/t17?,19-/m1/s1. The molecule has 2 amide bonds. The number of rotatable bonds is 17. The average molecular weight is 385 g/mol. The molecule has 0 aliphatic carbocycles. The molecule has 1 unspecified atom stereocenters. The van der Waals surface area contributed by atoms with Crippen LogP contribution >= 0.6 is 0 Å². The quantitative estimate of drug-likeness (QED) is 0.336. The molecule has 0 aromatic heterocycles. The fraction of sp³-hybridized carbons (Fsp3) is 0.857. The number of nitrogens with one attached hydrogen (secondary N) is 2. The second-order valence-corrected chi connectivity index (χ2v) is 7.21. The summed E-state index contributed by atoms with van der Waals surface area (Å²) in [5, 5.41) is 14.9. The minimum Gasteiger partial charge on any atom is -0.396 e. The number of Topliss-reactive ketones (excluding diaryl/α,β-unsaturated/α-hetero) is 1. The van der Waals surface area contributed by atoms with Crippen molar-refractivity contribution in [3.63, 3.8) is 0 Å². The lowest BCUT2D eigenvalue weighted by molar-refractivity contribution is -0.129. The monoisotopic (exact) mass is 384 g/mol. The topological polar surface area (TPSA) is 95.5 Å². The van der Waals surface area contributed by atoms with Crippen molar-refractivity contribution in [2.75, 3.05) is 13.2 Å². The number of aliphatic hydroxyl groups excluding tert-OH is 1. The molecule has 0 aromatic rings. The molecule has 2 atom stereocenters. The van der Waals surface area contributed by atoms with Gasteiger partial charge in [-0.15, -0.1) is 0 Å². The van der Waals surface area contributed by atoms with E-state index in [1.165, 1.54) is 0 Å². The van der Waals surface area contributed by atoms with Crippen LogP contribution in [0.25, 0.3) is 0 Å². The van der Waals surface area contributed by atoms with Gasteiger partial charge < -0.3 is 15.7 Å². The SMILES string of the molecule is CCC(=O)CCCCC[C@@H](NC(=O)CC)C(=O)NCCCCC(CC)CO. The predicted octanol–water partition coefficient (Wildman–Crippen LogP) is 3.12. The maximum absolute atomic E-state index is 12.4. The van der Waals surface area contributed by atoms with Gasteiger partial charge in [0, 0.05) is 32.4 Å². The van der Waals surface area contributed by atoms with E-state index in [1.54, 1.807) is 6.92 Å². The van der Waals surface area contributed by atoms with Crippen molar-refractivity contribution in [2.45, 2.75) is 97.4 Å². The molecule has 3 N–H and O–H groups in total. The molecule has 0 spiro atoms. The van der Waals surface area contributed by atoms with Crippen LogP contribution in [0.5, 0.6) is 0 Å². The lowest BCUT2D eigenvalue weighted by atomic mass is 10.0. The molecular formula is C21H40N2O4. The Hall–Kier alpha value is -1.43. The summed E-state index contributed by atoms with van der Waals surface area (Å²) in [5.41, 5.74) is 0. The van der Waals surface area contributed by atoms with E-state index in [0.717, 1.165) is 44.9 Å². The summed E-state index contributed by atoms with van der Waals surface area (Å²) in [5.74, 6) is 0.368. The zero-order valence-electron chi connectivity index (χ0n) is 17.5. The molecule has 0 aliphatic rings. The first-order valence-corrected chi connectivity index (χ1v) is 10.7. The number of hydrogen-bond acceptors (Lipinski definition) is 4. The van der Waals surface area contributed by atoms with Gasteiger partial charge in [-0.1, -0.05) is 46.5 Å². The molecule has 0 fully saturated rings. The number of amides is 2. The van der Waals surface area contributed by atoms with Crippen LogP contribution in [0.1, 0.15) is 91.4 Å². The highest BCUT2D eigenvalue weighted by atomic mass is 16.3. The van der Waals surface area contributed by atoms with E-state index in [2.05, 4.69) is 17.6 Å². The summed E-state index contributed by atoms with van der Waals surface area (Å²) < 4.78 is 0. The Kier molecular flexibility index (Phi) is 15.8. The van der Waals surface area contributed by atoms with Crippen LogP contribution < -0.4 is 10.6 Å². The minimum absolute atomic E-state index is 0.120. The molecule has 6 nitrogen and oxygen atoms in total. The van der Waals surface area contributed by atoms with Crippen molar-refractivity contribution in [2.24, 2.45) is 5.92 Å². The van der Waals surface area contributed by atoms with Gasteiger partial charge in [-0.25, -0.2) is 0 Å². The van der Waals surface area contributed by atoms with Crippen molar-refractivity contribution in [3.05, 3.63) is 0 Å². The van der Waals surface area contributed by atoms with Gasteiger partial charge in [-0.2, -0.15) is 0 Å². The molecule has 0 rings (SSSR count). The third-order valence-electron chi connectivity index (χ3n) is 4.99. The van der Waals surface area contributed by atoms with E-state index in [9.17, 15) is 19.5 Å². The Labute approximate surface area is 164 Å². The van der Waals surface area contributed by atoms with Crippen LogP contribution in [0.4, 0.5) is 0 Å². The van der Waals surface area contributed by atoms with Crippen LogP contribution in [0.3, 0.4) is 0 Å². The number of carbonyl (C=O) groups is 3. The van der Waals surface area contributed by atoms with E-state index in [1.807, 2.05) is 6.92 Å². The van der Waals surface area contributed by atoms with Gasteiger partial charge in [0.1, 0.15) is 11.8 Å². The van der Waals surface area contributed by atoms with Gasteiger partial charge in [0.2, 0.25) is 11.8 Å². The van der Waals surface area contributed by atoms with Crippen LogP contribution in [-0.4, -0.2) is 41.9 Å². The van der Waals surface area contributed by atoms with Gasteiger partial charge in [-0.05, 0) is 31.6 Å². The first-order valence-electron chi connectivity index (χ1n) is 10.7. The van der Waals surface area contributed by atoms with Gasteiger partial charge in [0.25, 0.3) is 0 Å². The highest BCUT2D eigenvalue weighted by Gasteiger charge is 2.19. The normalized spacial score (nSPS) is 13.0. The number of hydrogen-bond donors (Lipinski definition) is 3. The highest BCUT2D eigenvalue weighted by molar-refractivity contribution is 5.87. The van der Waals surface area contributed by atoms with Crippen molar-refractivity contribution in [3.8, 4) is 0 Å². The molecule has 0 aliphatic heterocycles. The summed E-state index contributed by atoms with van der Waals surface area (Å²) in [4.78, 5) is 35.4. The molecule has 6 heteroatoms. The summed E-state index contributed by atoms with van der Waals surface area (Å²) in [7, 11) is 0. The summed E-state index contributed by atoms with van der Waals surface area (Å²) in [6, 6.07) is -0.500. The molecule has 0 saturated carbocycles. The Morgan fingerprint density at radius 2 is 1.59 bits per heavy atom. The van der Waals surface area contributed by atoms with Crippen LogP contribution in [0, 0.1) is 5.92 Å². The maximum atomic E-state index is 12.4. The summed E-state index contributed by atoms with van der Waals surface area (Å²) >= 11 is 0. The molecule has 0 aromatic carbocycles. The summed E-state index contributed by atoms with van der Waals surface area (Å²) in [6.07, 6.45) is 8.45. The van der Waals surface area contributed by atoms with Crippen molar-refractivity contribution in [1.29, 1.82) is 0 Å². The molecule has 0 bridgehead atoms. The molecule has 0 radical (unpaired) electrons. The van der Waals surface area contributed by atoms with Gasteiger partial charge in [0.05, 0.1) is 0 Å². The van der Waals surface area contributed by atoms with Crippen LogP contribution in [-0.2, 0) is 14.4 Å². The van der Waals surface area contributed by atoms with Crippen LogP contribution in [0.15, 0.2) is 0 Å². The van der Waals surface area contributed by atoms with E-state index in [4.69, 9.17) is 0 Å². The Bertz CT molecular complexity index is 422. The highest BCUT2D eigenvalue weighted by Crippen LogP contribution is 2.11. The maximum Gasteiger partial charge on any atom is 0.242 e. The lowest BCUT2D eigenvalue weighted by Crippen LogP contribution is -2.46. The molecule has 0 saturated heterocycles. The van der Waals surface area contributed by atoms with Crippen molar-refractivity contribution < 1.29 is 19.5 Å².